The molecule has 1 aromatic carbocycles. The van der Waals surface area contributed by atoms with Gasteiger partial charge in [-0.1, -0.05) is 108 Å². The average Bonchev–Trinajstić information content (AvgIpc) is 3.92. The van der Waals surface area contributed by atoms with Crippen molar-refractivity contribution in [3.05, 3.63) is 29.8 Å². The highest BCUT2D eigenvalue weighted by Gasteiger charge is 2.47. The molecular formula is C58H93N9O14. The summed E-state index contributed by atoms with van der Waals surface area (Å²) in [5.41, 5.74) is 0.583. The number of carboxylic acid groups (broad SMARTS) is 1. The predicted molar refractivity (Wildman–Crippen MR) is 301 cm³/mol. The number of aliphatic carboxylic acids is 1. The van der Waals surface area contributed by atoms with Gasteiger partial charge in [0, 0.05) is 48.2 Å². The van der Waals surface area contributed by atoms with Crippen molar-refractivity contribution in [1.82, 2.24) is 45.3 Å². The molecule has 0 saturated carbocycles. The molecule has 11 atom stereocenters. The number of esters is 1. The largest absolute Gasteiger partial charge is 0.497 e. The number of nitrogens with zero attached hydrogens (tertiary/aromatic N) is 6. The highest BCUT2D eigenvalue weighted by molar-refractivity contribution is 5.99. The zero-order chi connectivity index (χ0) is 61.7. The number of cyclic esters (lactones) is 1. The molecule has 0 aromatic heterocycles. The first-order valence-electron chi connectivity index (χ1n) is 28.4. The molecule has 81 heavy (non-hydrogen) atoms. The van der Waals surface area contributed by atoms with Crippen molar-refractivity contribution < 1.29 is 67.3 Å². The van der Waals surface area contributed by atoms with Gasteiger partial charge in [-0.2, -0.15) is 0 Å². The molecule has 11 unspecified atom stereocenters. The molecule has 0 spiro atoms. The van der Waals surface area contributed by atoms with Gasteiger partial charge in [0.1, 0.15) is 54.1 Å². The molecule has 2 aliphatic rings. The first kappa shape index (κ1) is 68.5. The van der Waals surface area contributed by atoms with Crippen LogP contribution < -0.4 is 20.7 Å². The summed E-state index contributed by atoms with van der Waals surface area (Å²) in [6.45, 7) is 19.9. The number of amides is 9. The first-order valence-corrected chi connectivity index (χ1v) is 28.4. The van der Waals surface area contributed by atoms with E-state index in [1.165, 1.54) is 57.0 Å². The summed E-state index contributed by atoms with van der Waals surface area (Å²) < 4.78 is 11.4. The number of carbonyl (C=O) groups excluding carboxylic acids is 10. The fourth-order valence-corrected chi connectivity index (χ4v) is 10.8. The lowest BCUT2D eigenvalue weighted by atomic mass is 9.92. The van der Waals surface area contributed by atoms with Crippen LogP contribution in [0.2, 0.25) is 0 Å². The molecule has 9 amide bonds. The molecule has 2 saturated heterocycles. The van der Waals surface area contributed by atoms with E-state index in [2.05, 4.69) is 16.0 Å². The van der Waals surface area contributed by atoms with E-state index in [1.807, 2.05) is 6.92 Å². The van der Waals surface area contributed by atoms with Crippen molar-refractivity contribution in [2.24, 2.45) is 35.5 Å². The lowest BCUT2D eigenvalue weighted by Gasteiger charge is -2.41. The van der Waals surface area contributed by atoms with E-state index >= 15 is 0 Å². The number of carbonyl (C=O) groups is 11. The summed E-state index contributed by atoms with van der Waals surface area (Å²) in [4.78, 5) is 165. The number of fused-ring (bicyclic) bond motifs is 1. The van der Waals surface area contributed by atoms with Crippen molar-refractivity contribution >= 4 is 65.1 Å². The summed E-state index contributed by atoms with van der Waals surface area (Å²) in [5, 5.41) is 18.4. The maximum absolute atomic E-state index is 14.9. The van der Waals surface area contributed by atoms with Crippen molar-refractivity contribution in [3.63, 3.8) is 0 Å². The zero-order valence-electron chi connectivity index (χ0n) is 51.1. The van der Waals surface area contributed by atoms with E-state index in [-0.39, 0.29) is 19.4 Å². The van der Waals surface area contributed by atoms with Crippen LogP contribution in [0.4, 0.5) is 0 Å². The van der Waals surface area contributed by atoms with Crippen molar-refractivity contribution in [1.29, 1.82) is 0 Å². The number of hydrogen-bond acceptors (Lipinski definition) is 13. The summed E-state index contributed by atoms with van der Waals surface area (Å²) >= 11 is 0. The van der Waals surface area contributed by atoms with Gasteiger partial charge in [0.2, 0.25) is 47.3 Å². The topological polar surface area (TPSA) is 282 Å². The highest BCUT2D eigenvalue weighted by atomic mass is 16.6. The number of rotatable bonds is 13. The SMILES string of the molecule is CCC(C)C1C(=O)N(C)C(C(C)CC)C(=O)NCC(=O)N(C)C(C(C)C)C(=O)NC(Cc2ccc(OC)cc2)C(=O)OC(C(C)C)C(=O)N2CCCC2C(=O)N(C)C(C(C)C)C(=O)NC(C(C)C)C(=O)N(C)C(CC(=O)O)C(=O)N1C. The van der Waals surface area contributed by atoms with Crippen LogP contribution in [0, 0.1) is 35.5 Å². The van der Waals surface area contributed by atoms with Crippen LogP contribution >= 0.6 is 0 Å². The van der Waals surface area contributed by atoms with E-state index in [0.717, 1.165) is 14.7 Å². The third-order valence-electron chi connectivity index (χ3n) is 16.0. The molecule has 2 heterocycles. The van der Waals surface area contributed by atoms with E-state index in [4.69, 9.17) is 9.47 Å². The van der Waals surface area contributed by atoms with Crippen LogP contribution in [0.15, 0.2) is 24.3 Å². The summed E-state index contributed by atoms with van der Waals surface area (Å²) in [6.07, 6.45) is -1.13. The van der Waals surface area contributed by atoms with Crippen LogP contribution in [-0.4, -0.2) is 209 Å². The molecule has 0 aliphatic carbocycles. The molecule has 2 aliphatic heterocycles. The second-order valence-electron chi connectivity index (χ2n) is 23.3. The maximum atomic E-state index is 14.9. The number of hydrogen-bond donors (Lipinski definition) is 4. The average molecular weight is 1140 g/mol. The van der Waals surface area contributed by atoms with Crippen LogP contribution in [0.3, 0.4) is 0 Å². The van der Waals surface area contributed by atoms with Gasteiger partial charge in [-0.15, -0.1) is 0 Å². The standard InChI is InChI=1S/C58H93N9O14/c1-19-35(11)47-50(71)59-30-42(68)63(14)45(32(5)6)51(72)60-39(28-37-23-25-38(80-18)26-24-37)58(79)81-49(34(9)10)57(78)67-27-21-22-40(67)53(74)64(15)46(33(7)8)52(73)61-44(31(3)4)55(76)62(13)41(29-43(69)70)54(75)66(17)48(36(12)20-2)56(77)65(47)16/h23-26,31-36,39-41,44-49H,19-22,27-30H2,1-18H3,(H,59,71)(H,60,72)(H,61,73)(H,69,70). The Balaban J connectivity index is 2.30. The summed E-state index contributed by atoms with van der Waals surface area (Å²) in [6, 6.07) is -3.77. The quantitative estimate of drug-likeness (QED) is 0.207. The van der Waals surface area contributed by atoms with E-state index < -0.39 is 168 Å². The monoisotopic (exact) mass is 1140 g/mol. The molecule has 3 rings (SSSR count). The number of carboxylic acids is 1. The van der Waals surface area contributed by atoms with Gasteiger partial charge in [-0.05, 0) is 66.0 Å². The Hall–Kier alpha value is -6.81. The molecule has 1 aromatic rings. The lowest BCUT2D eigenvalue weighted by molar-refractivity contribution is -0.167. The third kappa shape index (κ3) is 16.9. The fraction of sp³-hybridized carbons (Fsp3) is 0.707. The van der Waals surface area contributed by atoms with Gasteiger partial charge < -0.3 is 59.9 Å². The van der Waals surface area contributed by atoms with Crippen LogP contribution in [-0.2, 0) is 63.9 Å². The van der Waals surface area contributed by atoms with Gasteiger partial charge in [0.05, 0.1) is 20.1 Å². The molecule has 4 N–H and O–H groups in total. The second kappa shape index (κ2) is 30.3. The molecule has 454 valence electrons. The lowest BCUT2D eigenvalue weighted by Crippen LogP contribution is -2.63. The molecule has 23 heteroatoms. The fourth-order valence-electron chi connectivity index (χ4n) is 10.8. The number of likely N-dealkylation sites (N-methyl/N-ethyl adjacent to an activating group) is 5. The number of ether oxygens (including phenoxy) is 2. The Morgan fingerprint density at radius 2 is 1.14 bits per heavy atom. The molecule has 23 nitrogen and oxygen atoms in total. The van der Waals surface area contributed by atoms with Gasteiger partial charge in [-0.3, -0.25) is 47.9 Å². The molecule has 2 fully saturated rings. The van der Waals surface area contributed by atoms with E-state index in [1.54, 1.807) is 100 Å². The van der Waals surface area contributed by atoms with Crippen molar-refractivity contribution in [2.75, 3.05) is 55.4 Å². The number of nitrogens with one attached hydrogen (secondary N) is 3. The van der Waals surface area contributed by atoms with Gasteiger partial charge in [0.25, 0.3) is 5.91 Å². The molecule has 0 radical (unpaired) electrons. The van der Waals surface area contributed by atoms with Crippen LogP contribution in [0.5, 0.6) is 5.75 Å². The van der Waals surface area contributed by atoms with Crippen molar-refractivity contribution in [2.45, 2.75) is 176 Å². The minimum Gasteiger partial charge on any atom is -0.497 e. The Morgan fingerprint density at radius 1 is 0.617 bits per heavy atom. The van der Waals surface area contributed by atoms with E-state index in [9.17, 15) is 57.8 Å². The van der Waals surface area contributed by atoms with Gasteiger partial charge in [0.15, 0.2) is 6.10 Å². The second-order valence-corrected chi connectivity index (χ2v) is 23.3. The number of benzene rings is 1. The minimum atomic E-state index is -1.69. The Morgan fingerprint density at radius 3 is 1.64 bits per heavy atom. The Labute approximate surface area is 478 Å². The Bertz CT molecular complexity index is 2420. The predicted octanol–water partition coefficient (Wildman–Crippen LogP) is 2.57. The van der Waals surface area contributed by atoms with Gasteiger partial charge >= 0.3 is 11.9 Å². The highest BCUT2D eigenvalue weighted by Crippen LogP contribution is 2.28. The smallest absolute Gasteiger partial charge is 0.329 e. The summed E-state index contributed by atoms with van der Waals surface area (Å²) in [7, 11) is 8.24. The maximum Gasteiger partial charge on any atom is 0.329 e. The normalized spacial score (nSPS) is 26.5. The first-order chi connectivity index (χ1) is 37.8. The zero-order valence-corrected chi connectivity index (χ0v) is 51.1. The Kier molecular flexibility index (Phi) is 25.6. The number of methoxy groups -OCH3 is 1. The van der Waals surface area contributed by atoms with E-state index in [0.29, 0.717) is 30.6 Å². The molecule has 0 bridgehead atoms. The van der Waals surface area contributed by atoms with Crippen LogP contribution in [0.1, 0.15) is 121 Å². The van der Waals surface area contributed by atoms with Crippen molar-refractivity contribution in [3.8, 4) is 5.75 Å². The summed E-state index contributed by atoms with van der Waals surface area (Å²) in [5.74, 6) is -12.0. The van der Waals surface area contributed by atoms with Crippen LogP contribution in [0.25, 0.3) is 0 Å². The molecular weight excluding hydrogens is 1050 g/mol. The third-order valence-corrected chi connectivity index (χ3v) is 16.0. The van der Waals surface area contributed by atoms with Gasteiger partial charge in [-0.25, -0.2) is 4.79 Å². The minimum absolute atomic E-state index is 0.105.